The summed E-state index contributed by atoms with van der Waals surface area (Å²) in [6.45, 7) is 11.1. The standard InChI is InChI=1S/C28H30NO4PS/c1-18-12-14-19(15-13-18)35(30,31)29-34-32-22-10-6-8-20-24(22)28(16-26(20,2)3)17-27(4,5)21-9-7-11-23(33-34)25(21)28/h6-15,29H,16-17H2,1-5H3. The predicted octanol–water partition coefficient (Wildman–Crippen LogP) is 6.62. The van der Waals surface area contributed by atoms with Crippen molar-refractivity contribution < 1.29 is 17.5 Å². The van der Waals surface area contributed by atoms with Crippen molar-refractivity contribution in [2.45, 2.75) is 68.6 Å². The molecule has 0 saturated heterocycles. The number of benzene rings is 3. The van der Waals surface area contributed by atoms with E-state index in [0.717, 1.165) is 18.4 Å². The van der Waals surface area contributed by atoms with Crippen molar-refractivity contribution in [3.63, 3.8) is 0 Å². The van der Waals surface area contributed by atoms with Gasteiger partial charge in [0.1, 0.15) is 11.5 Å². The molecule has 3 aliphatic rings. The van der Waals surface area contributed by atoms with Crippen LogP contribution in [0.25, 0.3) is 0 Å². The molecule has 35 heavy (non-hydrogen) atoms. The van der Waals surface area contributed by atoms with E-state index in [1.807, 2.05) is 31.2 Å². The lowest BCUT2D eigenvalue weighted by Gasteiger charge is -2.34. The second-order valence-electron chi connectivity index (χ2n) is 11.4. The van der Waals surface area contributed by atoms with E-state index >= 15 is 0 Å². The maximum atomic E-state index is 13.3. The first-order valence-electron chi connectivity index (χ1n) is 12.0. The van der Waals surface area contributed by atoms with E-state index in [-0.39, 0.29) is 21.1 Å². The number of rotatable bonds is 3. The van der Waals surface area contributed by atoms with Crippen molar-refractivity contribution in [3.05, 3.63) is 88.5 Å². The largest absolute Gasteiger partial charge is 0.426 e. The van der Waals surface area contributed by atoms with Gasteiger partial charge in [0.2, 0.25) is 10.0 Å². The molecule has 1 aliphatic heterocycles. The van der Waals surface area contributed by atoms with Crippen LogP contribution in [-0.4, -0.2) is 8.42 Å². The zero-order chi connectivity index (χ0) is 24.8. The van der Waals surface area contributed by atoms with Gasteiger partial charge in [0.15, 0.2) is 0 Å². The fraction of sp³-hybridized carbons (Fsp3) is 0.357. The third kappa shape index (κ3) is 3.37. The van der Waals surface area contributed by atoms with E-state index in [0.29, 0.717) is 11.5 Å². The van der Waals surface area contributed by atoms with Crippen LogP contribution in [-0.2, 0) is 26.3 Å². The minimum Gasteiger partial charge on any atom is -0.426 e. The van der Waals surface area contributed by atoms with Crippen LogP contribution in [0.1, 0.15) is 68.4 Å². The molecular formula is C28H30NO4PS. The number of aryl methyl sites for hydroxylation is 1. The van der Waals surface area contributed by atoms with Crippen LogP contribution in [0.5, 0.6) is 11.5 Å². The highest BCUT2D eigenvalue weighted by atomic mass is 32.2. The molecule has 0 amide bonds. The van der Waals surface area contributed by atoms with Crippen LogP contribution in [0.3, 0.4) is 0 Å². The topological polar surface area (TPSA) is 64.6 Å². The van der Waals surface area contributed by atoms with Crippen LogP contribution < -0.4 is 13.5 Å². The highest BCUT2D eigenvalue weighted by Crippen LogP contribution is 2.68. The molecule has 1 heterocycles. The first-order valence-corrected chi connectivity index (χ1v) is 14.6. The first-order chi connectivity index (χ1) is 16.4. The summed E-state index contributed by atoms with van der Waals surface area (Å²) in [5.41, 5.74) is 5.58. The molecule has 7 heteroatoms. The highest BCUT2D eigenvalue weighted by molar-refractivity contribution is 7.94. The summed E-state index contributed by atoms with van der Waals surface area (Å²) >= 11 is 0. The monoisotopic (exact) mass is 507 g/mol. The molecule has 2 aliphatic carbocycles. The van der Waals surface area contributed by atoms with Gasteiger partial charge in [0.05, 0.1) is 4.90 Å². The van der Waals surface area contributed by atoms with Crippen molar-refractivity contribution >= 4 is 18.5 Å². The van der Waals surface area contributed by atoms with Crippen molar-refractivity contribution in [1.82, 2.24) is 4.49 Å². The fourth-order valence-electron chi connectivity index (χ4n) is 6.67. The third-order valence-corrected chi connectivity index (χ3v) is 11.0. The summed E-state index contributed by atoms with van der Waals surface area (Å²) in [6.07, 6.45) is 1.92. The Labute approximate surface area is 208 Å². The molecule has 0 unspecified atom stereocenters. The normalized spacial score (nSPS) is 20.7. The van der Waals surface area contributed by atoms with E-state index in [2.05, 4.69) is 44.3 Å². The Kier molecular flexibility index (Phi) is 4.81. The molecule has 3 aromatic carbocycles. The molecule has 0 saturated carbocycles. The lowest BCUT2D eigenvalue weighted by molar-refractivity contribution is 0.338. The summed E-state index contributed by atoms with van der Waals surface area (Å²) in [5, 5.41) is 0. The van der Waals surface area contributed by atoms with Gasteiger partial charge in [0.25, 0.3) is 0 Å². The molecule has 0 atom stereocenters. The van der Waals surface area contributed by atoms with Crippen molar-refractivity contribution in [1.29, 1.82) is 0 Å². The van der Waals surface area contributed by atoms with Crippen LogP contribution in [0, 0.1) is 6.92 Å². The summed E-state index contributed by atoms with van der Waals surface area (Å²) < 4.78 is 42.1. The van der Waals surface area contributed by atoms with Gasteiger partial charge < -0.3 is 9.05 Å². The predicted molar refractivity (Wildman–Crippen MR) is 139 cm³/mol. The SMILES string of the molecule is Cc1ccc(S(=O)(=O)NP2Oc3cccc4c3C3(CC4(C)C)CC(C)(C)c4cccc(c43)O2)cc1. The van der Waals surface area contributed by atoms with Gasteiger partial charge in [-0.3, -0.25) is 0 Å². The van der Waals surface area contributed by atoms with Crippen LogP contribution >= 0.6 is 8.53 Å². The zero-order valence-corrected chi connectivity index (χ0v) is 22.4. The third-order valence-electron chi connectivity index (χ3n) is 7.84. The van der Waals surface area contributed by atoms with E-state index < -0.39 is 18.5 Å². The molecule has 1 spiro atoms. The summed E-state index contributed by atoms with van der Waals surface area (Å²) in [6, 6.07) is 19.1. The van der Waals surface area contributed by atoms with Gasteiger partial charge in [-0.1, -0.05) is 69.7 Å². The van der Waals surface area contributed by atoms with Gasteiger partial charge in [-0.15, -0.1) is 4.49 Å². The summed E-state index contributed by atoms with van der Waals surface area (Å²) in [7, 11) is -5.86. The van der Waals surface area contributed by atoms with Crippen molar-refractivity contribution in [3.8, 4) is 11.5 Å². The molecule has 5 nitrogen and oxygen atoms in total. The molecule has 0 aromatic heterocycles. The highest BCUT2D eigenvalue weighted by Gasteiger charge is 2.59. The van der Waals surface area contributed by atoms with Gasteiger partial charge in [-0.25, -0.2) is 8.42 Å². The minimum atomic E-state index is -3.84. The number of nitrogens with one attached hydrogen (secondary N) is 1. The Morgan fingerprint density at radius 2 is 1.26 bits per heavy atom. The van der Waals surface area contributed by atoms with Crippen LogP contribution in [0.15, 0.2) is 65.6 Å². The lowest BCUT2D eigenvalue weighted by Crippen LogP contribution is -2.30. The van der Waals surface area contributed by atoms with Crippen LogP contribution in [0.2, 0.25) is 0 Å². The van der Waals surface area contributed by atoms with Gasteiger partial charge in [0, 0.05) is 16.5 Å². The Hall–Kier alpha value is -2.40. The second-order valence-corrected chi connectivity index (χ2v) is 14.5. The second kappa shape index (κ2) is 7.32. The Morgan fingerprint density at radius 1 is 0.771 bits per heavy atom. The van der Waals surface area contributed by atoms with Gasteiger partial charge in [-0.05, 0) is 66.0 Å². The maximum absolute atomic E-state index is 13.3. The van der Waals surface area contributed by atoms with Gasteiger partial charge in [-0.2, -0.15) is 0 Å². The smallest absolute Gasteiger partial charge is 0.396 e. The van der Waals surface area contributed by atoms with E-state index in [1.54, 1.807) is 24.3 Å². The molecule has 3 aromatic rings. The molecule has 0 bridgehead atoms. The average Bonchev–Trinajstić information content (AvgIpc) is 3.14. The molecular weight excluding hydrogens is 477 g/mol. The molecule has 182 valence electrons. The van der Waals surface area contributed by atoms with Crippen LogP contribution in [0.4, 0.5) is 0 Å². The molecule has 0 radical (unpaired) electrons. The van der Waals surface area contributed by atoms with Crippen molar-refractivity contribution in [2.75, 3.05) is 0 Å². The molecule has 0 fully saturated rings. The first kappa shape index (κ1) is 23.0. The quantitative estimate of drug-likeness (QED) is 0.405. The zero-order valence-electron chi connectivity index (χ0n) is 20.7. The fourth-order valence-corrected chi connectivity index (χ4v) is 9.37. The maximum Gasteiger partial charge on any atom is 0.396 e. The van der Waals surface area contributed by atoms with E-state index in [9.17, 15) is 8.42 Å². The van der Waals surface area contributed by atoms with Crippen molar-refractivity contribution in [2.24, 2.45) is 0 Å². The number of sulfonamides is 1. The molecule has 1 N–H and O–H groups in total. The van der Waals surface area contributed by atoms with Gasteiger partial charge >= 0.3 is 8.53 Å². The summed E-state index contributed by atoms with van der Waals surface area (Å²) in [5.74, 6) is 1.42. The minimum absolute atomic E-state index is 0.0476. The Bertz CT molecular complexity index is 1390. The number of hydrogen-bond donors (Lipinski definition) is 1. The molecule has 6 rings (SSSR count). The van der Waals surface area contributed by atoms with E-state index in [1.165, 1.54) is 22.3 Å². The summed E-state index contributed by atoms with van der Waals surface area (Å²) in [4.78, 5) is 0.188. The average molecular weight is 508 g/mol. The van der Waals surface area contributed by atoms with E-state index in [4.69, 9.17) is 9.05 Å². The Balaban J connectivity index is 1.53. The number of hydrogen-bond acceptors (Lipinski definition) is 4. The lowest BCUT2D eigenvalue weighted by atomic mass is 9.72. The Morgan fingerprint density at radius 3 is 1.74 bits per heavy atom.